The van der Waals surface area contributed by atoms with E-state index in [0.29, 0.717) is 0 Å². The first kappa shape index (κ1) is 9.27. The van der Waals surface area contributed by atoms with E-state index in [2.05, 4.69) is 41.0 Å². The lowest BCUT2D eigenvalue weighted by atomic mass is 10.1. The van der Waals surface area contributed by atoms with Gasteiger partial charge >= 0.3 is 0 Å². The highest BCUT2D eigenvalue weighted by molar-refractivity contribution is 14.1. The van der Waals surface area contributed by atoms with Crippen LogP contribution < -0.4 is 5.73 Å². The number of rotatable bonds is 1. The van der Waals surface area contributed by atoms with Crippen molar-refractivity contribution in [2.24, 2.45) is 0 Å². The van der Waals surface area contributed by atoms with Crippen molar-refractivity contribution < 1.29 is 0 Å². The molecule has 0 radical (unpaired) electrons. The van der Waals surface area contributed by atoms with E-state index in [-0.39, 0.29) is 0 Å². The number of thiophene rings is 1. The number of hydrogen-bond acceptors (Lipinski definition) is 2. The molecule has 0 aliphatic rings. The van der Waals surface area contributed by atoms with Crippen molar-refractivity contribution in [3.8, 4) is 0 Å². The van der Waals surface area contributed by atoms with Crippen molar-refractivity contribution in [3.05, 3.63) is 26.6 Å². The summed E-state index contributed by atoms with van der Waals surface area (Å²) in [4.78, 5) is 0. The van der Waals surface area contributed by atoms with Crippen LogP contribution >= 0.6 is 33.9 Å². The quantitative estimate of drug-likeness (QED) is 0.631. The SMILES string of the molecule is CCc1csc2c(N)ccc(I)c12. The Balaban J connectivity index is 2.87. The maximum absolute atomic E-state index is 5.90. The lowest BCUT2D eigenvalue weighted by Gasteiger charge is -2.00. The summed E-state index contributed by atoms with van der Waals surface area (Å²) in [5, 5.41) is 3.57. The van der Waals surface area contributed by atoms with E-state index in [1.165, 1.54) is 19.2 Å². The fourth-order valence-electron chi connectivity index (χ4n) is 1.45. The van der Waals surface area contributed by atoms with Gasteiger partial charge in [0.15, 0.2) is 0 Å². The molecule has 1 nitrogen and oxygen atoms in total. The minimum Gasteiger partial charge on any atom is -0.398 e. The normalized spacial score (nSPS) is 10.9. The van der Waals surface area contributed by atoms with Crippen LogP contribution in [0.25, 0.3) is 10.1 Å². The summed E-state index contributed by atoms with van der Waals surface area (Å²) in [5.74, 6) is 0. The Bertz CT molecular complexity index is 447. The van der Waals surface area contributed by atoms with Crippen LogP contribution in [0.4, 0.5) is 5.69 Å². The molecule has 0 spiro atoms. The van der Waals surface area contributed by atoms with Crippen LogP contribution in [0.15, 0.2) is 17.5 Å². The molecule has 0 unspecified atom stereocenters. The highest BCUT2D eigenvalue weighted by Gasteiger charge is 2.07. The molecule has 2 aromatic rings. The second-order valence-electron chi connectivity index (χ2n) is 2.96. The van der Waals surface area contributed by atoms with Crippen molar-refractivity contribution in [3.63, 3.8) is 0 Å². The van der Waals surface area contributed by atoms with Gasteiger partial charge in [0.1, 0.15) is 0 Å². The second kappa shape index (κ2) is 3.46. The lowest BCUT2D eigenvalue weighted by Crippen LogP contribution is -1.86. The minimum atomic E-state index is 0.903. The van der Waals surface area contributed by atoms with Gasteiger partial charge in [-0.2, -0.15) is 0 Å². The minimum absolute atomic E-state index is 0.903. The molecule has 2 N–H and O–H groups in total. The predicted molar refractivity (Wildman–Crippen MR) is 68.3 cm³/mol. The van der Waals surface area contributed by atoms with E-state index in [4.69, 9.17) is 5.73 Å². The summed E-state index contributed by atoms with van der Waals surface area (Å²) in [6.07, 6.45) is 1.08. The topological polar surface area (TPSA) is 26.0 Å². The van der Waals surface area contributed by atoms with E-state index in [1.54, 1.807) is 11.3 Å². The third-order valence-electron chi connectivity index (χ3n) is 2.16. The number of nitrogen functional groups attached to an aromatic ring is 1. The molecule has 1 aromatic heterocycles. The molecule has 0 aliphatic heterocycles. The van der Waals surface area contributed by atoms with Crippen molar-refractivity contribution in [1.29, 1.82) is 0 Å². The number of benzene rings is 1. The highest BCUT2D eigenvalue weighted by Crippen LogP contribution is 2.34. The molecule has 1 heterocycles. The smallest absolute Gasteiger partial charge is 0.0585 e. The van der Waals surface area contributed by atoms with E-state index >= 15 is 0 Å². The fraction of sp³-hybridized carbons (Fsp3) is 0.200. The molecule has 0 bridgehead atoms. The van der Waals surface area contributed by atoms with Crippen molar-refractivity contribution >= 4 is 49.7 Å². The Morgan fingerprint density at radius 2 is 2.23 bits per heavy atom. The summed E-state index contributed by atoms with van der Waals surface area (Å²) in [6, 6.07) is 4.07. The molecule has 3 heteroatoms. The Morgan fingerprint density at radius 3 is 2.92 bits per heavy atom. The van der Waals surface area contributed by atoms with Gasteiger partial charge in [-0.25, -0.2) is 0 Å². The lowest BCUT2D eigenvalue weighted by molar-refractivity contribution is 1.17. The zero-order valence-electron chi connectivity index (χ0n) is 7.30. The second-order valence-corrected chi connectivity index (χ2v) is 5.00. The zero-order valence-corrected chi connectivity index (χ0v) is 10.3. The van der Waals surface area contributed by atoms with Crippen LogP contribution in [0.3, 0.4) is 0 Å². The molecular formula is C10H10INS. The Hall–Kier alpha value is -0.290. The fourth-order valence-corrected chi connectivity index (χ4v) is 3.54. The third kappa shape index (κ3) is 1.44. The predicted octanol–water partition coefficient (Wildman–Crippen LogP) is 3.65. The van der Waals surface area contributed by atoms with Crippen molar-refractivity contribution in [1.82, 2.24) is 0 Å². The Morgan fingerprint density at radius 1 is 1.46 bits per heavy atom. The first-order valence-corrected chi connectivity index (χ1v) is 6.14. The van der Waals surface area contributed by atoms with Crippen LogP contribution in [0.5, 0.6) is 0 Å². The number of hydrogen-bond donors (Lipinski definition) is 1. The molecule has 0 saturated carbocycles. The number of anilines is 1. The molecule has 0 saturated heterocycles. The average molecular weight is 303 g/mol. The van der Waals surface area contributed by atoms with Gasteiger partial charge in [-0.1, -0.05) is 6.92 Å². The van der Waals surface area contributed by atoms with Gasteiger partial charge < -0.3 is 5.73 Å². The summed E-state index contributed by atoms with van der Waals surface area (Å²) in [7, 11) is 0. The van der Waals surface area contributed by atoms with E-state index in [0.717, 1.165) is 12.1 Å². The summed E-state index contributed by atoms with van der Waals surface area (Å²) in [5.41, 5.74) is 8.22. The Kier molecular flexibility index (Phi) is 2.47. The maximum Gasteiger partial charge on any atom is 0.0585 e. The first-order valence-electron chi connectivity index (χ1n) is 4.18. The van der Waals surface area contributed by atoms with Crippen molar-refractivity contribution in [2.45, 2.75) is 13.3 Å². The number of aryl methyl sites for hydroxylation is 1. The third-order valence-corrected chi connectivity index (χ3v) is 4.14. The first-order chi connectivity index (χ1) is 6.24. The summed E-state index contributed by atoms with van der Waals surface area (Å²) < 4.78 is 2.55. The monoisotopic (exact) mass is 303 g/mol. The van der Waals surface area contributed by atoms with Gasteiger partial charge in [-0.15, -0.1) is 11.3 Å². The van der Waals surface area contributed by atoms with Gasteiger partial charge in [0.25, 0.3) is 0 Å². The van der Waals surface area contributed by atoms with Crippen LogP contribution in [0.2, 0.25) is 0 Å². The number of fused-ring (bicyclic) bond motifs is 1. The average Bonchev–Trinajstić information content (AvgIpc) is 2.56. The van der Waals surface area contributed by atoms with Crippen LogP contribution in [0, 0.1) is 3.57 Å². The van der Waals surface area contributed by atoms with Crippen LogP contribution in [-0.2, 0) is 6.42 Å². The molecule has 2 rings (SSSR count). The van der Waals surface area contributed by atoms with Crippen molar-refractivity contribution in [2.75, 3.05) is 5.73 Å². The molecule has 0 aliphatic carbocycles. The molecular weight excluding hydrogens is 293 g/mol. The highest BCUT2D eigenvalue weighted by atomic mass is 127. The van der Waals surface area contributed by atoms with Gasteiger partial charge in [0, 0.05) is 14.6 Å². The maximum atomic E-state index is 5.90. The molecule has 0 amide bonds. The number of halogens is 1. The van der Waals surface area contributed by atoms with Gasteiger partial charge in [0.05, 0.1) is 4.70 Å². The van der Waals surface area contributed by atoms with Crippen LogP contribution in [0.1, 0.15) is 12.5 Å². The standard InChI is InChI=1S/C10H10INS/c1-2-6-5-13-10-8(12)4-3-7(11)9(6)10/h3-5H,2,12H2,1H3. The van der Waals surface area contributed by atoms with Gasteiger partial charge in [-0.3, -0.25) is 0 Å². The molecule has 68 valence electrons. The molecule has 1 aromatic carbocycles. The van der Waals surface area contributed by atoms with E-state index < -0.39 is 0 Å². The largest absolute Gasteiger partial charge is 0.398 e. The number of nitrogens with two attached hydrogens (primary N) is 1. The van der Waals surface area contributed by atoms with E-state index in [9.17, 15) is 0 Å². The Labute approximate surface area is 95.1 Å². The molecule has 0 fully saturated rings. The van der Waals surface area contributed by atoms with Gasteiger partial charge in [0.2, 0.25) is 0 Å². The summed E-state index contributed by atoms with van der Waals surface area (Å²) in [6.45, 7) is 2.18. The molecule has 0 atom stereocenters. The van der Waals surface area contributed by atoms with E-state index in [1.807, 2.05) is 6.07 Å². The van der Waals surface area contributed by atoms with Gasteiger partial charge in [-0.05, 0) is 52.1 Å². The zero-order chi connectivity index (χ0) is 9.42. The molecule has 13 heavy (non-hydrogen) atoms. The summed E-state index contributed by atoms with van der Waals surface area (Å²) >= 11 is 4.12. The van der Waals surface area contributed by atoms with Crippen LogP contribution in [-0.4, -0.2) is 0 Å².